The third-order valence-corrected chi connectivity index (χ3v) is 2.83. The lowest BCUT2D eigenvalue weighted by Gasteiger charge is -2.15. The second kappa shape index (κ2) is 5.82. The smallest absolute Gasteiger partial charge is 0.234 e. The Morgan fingerprint density at radius 2 is 2.29 bits per heavy atom. The van der Waals surface area contributed by atoms with E-state index in [0.29, 0.717) is 12.5 Å². The number of ether oxygens (including phenoxy) is 1. The Kier molecular flexibility index (Phi) is 4.14. The van der Waals surface area contributed by atoms with Crippen LogP contribution in [0.2, 0.25) is 0 Å². The van der Waals surface area contributed by atoms with Gasteiger partial charge in [0.25, 0.3) is 0 Å². The number of aromatic nitrogens is 2. The largest absolute Gasteiger partial charge is 0.475 e. The van der Waals surface area contributed by atoms with Crippen molar-refractivity contribution in [2.24, 2.45) is 0 Å². The van der Waals surface area contributed by atoms with E-state index in [1.165, 1.54) is 12.8 Å². The van der Waals surface area contributed by atoms with E-state index in [1.54, 1.807) is 12.4 Å². The highest BCUT2D eigenvalue weighted by Crippen LogP contribution is 2.24. The minimum absolute atomic E-state index is 0.590. The molecule has 1 aromatic heterocycles. The first-order chi connectivity index (χ1) is 8.29. The van der Waals surface area contributed by atoms with Crippen molar-refractivity contribution in [3.8, 4) is 5.88 Å². The molecular weight excluding hydrogens is 216 g/mol. The van der Waals surface area contributed by atoms with Crippen LogP contribution in [0.3, 0.4) is 0 Å². The highest BCUT2D eigenvalue weighted by molar-refractivity contribution is 5.32. The summed E-state index contributed by atoms with van der Waals surface area (Å²) >= 11 is 0. The summed E-state index contributed by atoms with van der Waals surface area (Å²) in [6.45, 7) is 4.47. The number of nitrogens with one attached hydrogen (secondary N) is 1. The van der Waals surface area contributed by atoms with Crippen LogP contribution in [0, 0.1) is 0 Å². The number of hydrogen-bond acceptors (Lipinski definition) is 5. The zero-order chi connectivity index (χ0) is 12.1. The van der Waals surface area contributed by atoms with Gasteiger partial charge in [0.2, 0.25) is 5.88 Å². The van der Waals surface area contributed by atoms with Crippen molar-refractivity contribution in [1.29, 1.82) is 0 Å². The third kappa shape index (κ3) is 3.85. The van der Waals surface area contributed by atoms with E-state index in [2.05, 4.69) is 27.2 Å². The van der Waals surface area contributed by atoms with E-state index in [0.717, 1.165) is 24.9 Å². The van der Waals surface area contributed by atoms with Gasteiger partial charge in [0.15, 0.2) is 0 Å². The van der Waals surface area contributed by atoms with E-state index >= 15 is 0 Å². The highest BCUT2D eigenvalue weighted by atomic mass is 16.5. The molecule has 0 spiro atoms. The Labute approximate surface area is 102 Å². The lowest BCUT2D eigenvalue weighted by atomic mass is 10.5. The molecule has 1 aliphatic rings. The van der Waals surface area contributed by atoms with E-state index in [-0.39, 0.29) is 0 Å². The van der Waals surface area contributed by atoms with E-state index < -0.39 is 0 Å². The summed E-state index contributed by atoms with van der Waals surface area (Å²) in [6.07, 6.45) is 6.00. The summed E-state index contributed by atoms with van der Waals surface area (Å²) in [4.78, 5) is 10.7. The third-order valence-electron chi connectivity index (χ3n) is 2.83. The molecule has 2 rings (SSSR count). The van der Waals surface area contributed by atoms with Crippen molar-refractivity contribution in [1.82, 2.24) is 14.9 Å². The maximum Gasteiger partial charge on any atom is 0.234 e. The number of nitrogens with zero attached hydrogens (tertiary/aromatic N) is 3. The van der Waals surface area contributed by atoms with Gasteiger partial charge in [-0.1, -0.05) is 0 Å². The maximum atomic E-state index is 5.59. The molecule has 1 N–H and O–H groups in total. The van der Waals surface area contributed by atoms with Crippen molar-refractivity contribution in [2.75, 3.05) is 32.1 Å². The normalized spacial score (nSPS) is 15.0. The van der Waals surface area contributed by atoms with Crippen LogP contribution in [0.1, 0.15) is 19.8 Å². The van der Waals surface area contributed by atoms with Crippen LogP contribution in [-0.4, -0.2) is 47.7 Å². The summed E-state index contributed by atoms with van der Waals surface area (Å²) in [5.74, 6) is 1.35. The fraction of sp³-hybridized carbons (Fsp3) is 0.667. The molecule has 1 aromatic rings. The van der Waals surface area contributed by atoms with Gasteiger partial charge in [0, 0.05) is 19.1 Å². The van der Waals surface area contributed by atoms with E-state index in [9.17, 15) is 0 Å². The van der Waals surface area contributed by atoms with Gasteiger partial charge >= 0.3 is 0 Å². The quantitative estimate of drug-likeness (QED) is 0.775. The molecule has 5 nitrogen and oxygen atoms in total. The fourth-order valence-electron chi connectivity index (χ4n) is 1.68. The van der Waals surface area contributed by atoms with Crippen molar-refractivity contribution in [3.63, 3.8) is 0 Å². The molecule has 1 fully saturated rings. The molecule has 5 heteroatoms. The first kappa shape index (κ1) is 12.1. The number of likely N-dealkylation sites (N-methyl/N-ethyl adjacent to an activating group) is 1. The molecular formula is C12H20N4O. The topological polar surface area (TPSA) is 50.3 Å². The standard InChI is InChI=1S/C12H20N4O/c1-3-14-11-8-13-9-12(15-11)17-7-6-16(2)10-4-5-10/h8-10H,3-7H2,1-2H3,(H,14,15). The SMILES string of the molecule is CCNc1cncc(OCCN(C)C2CC2)n1. The van der Waals surface area contributed by atoms with E-state index in [1.807, 2.05) is 6.92 Å². The van der Waals surface area contributed by atoms with Crippen LogP contribution in [0.15, 0.2) is 12.4 Å². The molecule has 0 saturated heterocycles. The van der Waals surface area contributed by atoms with Crippen molar-refractivity contribution >= 4 is 5.82 Å². The molecule has 0 aromatic carbocycles. The molecule has 94 valence electrons. The number of rotatable bonds is 7. The summed E-state index contributed by atoms with van der Waals surface area (Å²) in [5, 5.41) is 3.11. The van der Waals surface area contributed by atoms with Gasteiger partial charge in [0.05, 0.1) is 12.4 Å². The lowest BCUT2D eigenvalue weighted by Crippen LogP contribution is -2.26. The summed E-state index contributed by atoms with van der Waals surface area (Å²) in [7, 11) is 2.14. The molecule has 1 aliphatic carbocycles. The summed E-state index contributed by atoms with van der Waals surface area (Å²) in [5.41, 5.74) is 0. The Hall–Kier alpha value is -1.36. The van der Waals surface area contributed by atoms with Crippen molar-refractivity contribution in [3.05, 3.63) is 12.4 Å². The Morgan fingerprint density at radius 1 is 1.47 bits per heavy atom. The molecule has 17 heavy (non-hydrogen) atoms. The summed E-state index contributed by atoms with van der Waals surface area (Å²) < 4.78 is 5.59. The second-order valence-electron chi connectivity index (χ2n) is 4.33. The lowest BCUT2D eigenvalue weighted by molar-refractivity contribution is 0.226. The van der Waals surface area contributed by atoms with Crippen LogP contribution < -0.4 is 10.1 Å². The molecule has 0 bridgehead atoms. The monoisotopic (exact) mass is 236 g/mol. The van der Waals surface area contributed by atoms with Crippen LogP contribution in [0.5, 0.6) is 5.88 Å². The molecule has 0 amide bonds. The molecule has 0 atom stereocenters. The summed E-state index contributed by atoms with van der Waals surface area (Å²) in [6, 6.07) is 0.776. The molecule has 0 radical (unpaired) electrons. The Bertz CT molecular complexity index is 354. The first-order valence-corrected chi connectivity index (χ1v) is 6.18. The van der Waals surface area contributed by atoms with Crippen molar-refractivity contribution in [2.45, 2.75) is 25.8 Å². The molecule has 1 heterocycles. The average molecular weight is 236 g/mol. The van der Waals surface area contributed by atoms with Gasteiger partial charge in [-0.25, -0.2) is 0 Å². The maximum absolute atomic E-state index is 5.59. The van der Waals surface area contributed by atoms with Crippen LogP contribution in [0.4, 0.5) is 5.82 Å². The molecule has 1 saturated carbocycles. The Morgan fingerprint density at radius 3 is 3.00 bits per heavy atom. The van der Waals surface area contributed by atoms with Gasteiger partial charge < -0.3 is 15.0 Å². The first-order valence-electron chi connectivity index (χ1n) is 6.18. The molecule has 0 aliphatic heterocycles. The van der Waals surface area contributed by atoms with Crippen molar-refractivity contribution < 1.29 is 4.74 Å². The molecule has 0 unspecified atom stereocenters. The second-order valence-corrected chi connectivity index (χ2v) is 4.33. The Balaban J connectivity index is 1.75. The number of hydrogen-bond donors (Lipinski definition) is 1. The van der Waals surface area contributed by atoms with Gasteiger partial charge in [-0.3, -0.25) is 4.98 Å². The average Bonchev–Trinajstić information content (AvgIpc) is 3.14. The predicted molar refractivity (Wildman–Crippen MR) is 67.3 cm³/mol. The number of anilines is 1. The van der Waals surface area contributed by atoms with Crippen LogP contribution in [0.25, 0.3) is 0 Å². The van der Waals surface area contributed by atoms with Crippen LogP contribution in [-0.2, 0) is 0 Å². The van der Waals surface area contributed by atoms with Gasteiger partial charge in [-0.2, -0.15) is 4.98 Å². The fourth-order valence-corrected chi connectivity index (χ4v) is 1.68. The van der Waals surface area contributed by atoms with Gasteiger partial charge in [-0.05, 0) is 26.8 Å². The zero-order valence-corrected chi connectivity index (χ0v) is 10.5. The van der Waals surface area contributed by atoms with Gasteiger partial charge in [-0.15, -0.1) is 0 Å². The van der Waals surface area contributed by atoms with Gasteiger partial charge in [0.1, 0.15) is 12.4 Å². The highest BCUT2D eigenvalue weighted by Gasteiger charge is 2.25. The minimum atomic E-state index is 0.590. The van der Waals surface area contributed by atoms with Crippen LogP contribution >= 0.6 is 0 Å². The zero-order valence-electron chi connectivity index (χ0n) is 10.5. The minimum Gasteiger partial charge on any atom is -0.475 e. The predicted octanol–water partition coefficient (Wildman–Crippen LogP) is 1.38. The van der Waals surface area contributed by atoms with E-state index in [4.69, 9.17) is 4.74 Å².